The van der Waals surface area contributed by atoms with Crippen molar-refractivity contribution in [3.63, 3.8) is 0 Å². The van der Waals surface area contributed by atoms with Crippen molar-refractivity contribution in [3.8, 4) is 11.5 Å². The summed E-state index contributed by atoms with van der Waals surface area (Å²) in [7, 11) is 3.16. The number of rotatable bonds is 7. The van der Waals surface area contributed by atoms with Crippen molar-refractivity contribution >= 4 is 17.3 Å². The van der Waals surface area contributed by atoms with E-state index in [4.69, 9.17) is 21.1 Å². The van der Waals surface area contributed by atoms with Crippen molar-refractivity contribution < 1.29 is 14.4 Å². The maximum Gasteiger partial charge on any atom is 0.269 e. The molecule has 122 valence electrons. The largest absolute Gasteiger partial charge is 0.493 e. The second-order valence-corrected chi connectivity index (χ2v) is 5.23. The maximum atomic E-state index is 10.8. The number of hydrogen-bond acceptors (Lipinski definition) is 5. The third kappa shape index (κ3) is 4.34. The molecule has 0 saturated carbocycles. The Morgan fingerprint density at radius 2 is 1.83 bits per heavy atom. The summed E-state index contributed by atoms with van der Waals surface area (Å²) in [5.41, 5.74) is 1.71. The lowest BCUT2D eigenvalue weighted by atomic mass is 10.1. The van der Waals surface area contributed by atoms with Gasteiger partial charge < -0.3 is 14.8 Å². The maximum absolute atomic E-state index is 10.8. The summed E-state index contributed by atoms with van der Waals surface area (Å²) in [6.45, 7) is 0.994. The molecule has 2 rings (SSSR count). The molecule has 6 nitrogen and oxygen atoms in total. The van der Waals surface area contributed by atoms with Gasteiger partial charge in [-0.1, -0.05) is 17.7 Å². The molecule has 2 aromatic carbocycles. The monoisotopic (exact) mass is 336 g/mol. The lowest BCUT2D eigenvalue weighted by Crippen LogP contribution is -2.13. The van der Waals surface area contributed by atoms with Crippen LogP contribution in [0.15, 0.2) is 36.4 Å². The van der Waals surface area contributed by atoms with Gasteiger partial charge in [0, 0.05) is 30.2 Å². The molecule has 0 bridgehead atoms. The first-order valence-corrected chi connectivity index (χ1v) is 7.27. The number of benzene rings is 2. The Morgan fingerprint density at radius 3 is 2.48 bits per heavy atom. The molecule has 0 fully saturated rings. The van der Waals surface area contributed by atoms with Crippen LogP contribution in [0.25, 0.3) is 0 Å². The van der Waals surface area contributed by atoms with Crippen LogP contribution in [-0.2, 0) is 13.1 Å². The van der Waals surface area contributed by atoms with Crippen LogP contribution >= 0.6 is 11.6 Å². The van der Waals surface area contributed by atoms with Crippen LogP contribution in [0.5, 0.6) is 11.5 Å². The topological polar surface area (TPSA) is 73.6 Å². The van der Waals surface area contributed by atoms with Crippen molar-refractivity contribution in [2.45, 2.75) is 13.1 Å². The lowest BCUT2D eigenvalue weighted by Gasteiger charge is -2.11. The number of nitro groups is 1. The predicted molar refractivity (Wildman–Crippen MR) is 88.2 cm³/mol. The van der Waals surface area contributed by atoms with Crippen molar-refractivity contribution in [1.29, 1.82) is 0 Å². The van der Waals surface area contributed by atoms with Crippen LogP contribution in [0.4, 0.5) is 5.69 Å². The van der Waals surface area contributed by atoms with E-state index in [1.165, 1.54) is 18.2 Å². The summed E-state index contributed by atoms with van der Waals surface area (Å²) in [6.07, 6.45) is 0. The zero-order valence-electron chi connectivity index (χ0n) is 12.8. The fourth-order valence-electron chi connectivity index (χ4n) is 2.14. The second-order valence-electron chi connectivity index (χ2n) is 4.83. The smallest absolute Gasteiger partial charge is 0.269 e. The first-order chi connectivity index (χ1) is 11.0. The normalized spacial score (nSPS) is 10.4. The Labute approximate surface area is 139 Å². The van der Waals surface area contributed by atoms with Crippen molar-refractivity contribution in [3.05, 3.63) is 62.7 Å². The Kier molecular flexibility index (Phi) is 5.78. The molecule has 2 aromatic rings. The Morgan fingerprint density at radius 1 is 1.09 bits per heavy atom. The van der Waals surface area contributed by atoms with E-state index in [1.54, 1.807) is 14.2 Å². The number of nitro benzene ring substituents is 1. The molecular weight excluding hydrogens is 320 g/mol. The Balaban J connectivity index is 2.02. The van der Waals surface area contributed by atoms with Crippen LogP contribution < -0.4 is 14.8 Å². The molecule has 0 radical (unpaired) electrons. The number of nitrogens with zero attached hydrogens (tertiary/aromatic N) is 1. The zero-order chi connectivity index (χ0) is 16.8. The van der Waals surface area contributed by atoms with E-state index in [1.807, 2.05) is 18.2 Å². The molecule has 7 heteroatoms. The number of non-ortho nitro benzene ring substituents is 1. The molecule has 1 N–H and O–H groups in total. The SMILES string of the molecule is COc1ccc(CNCc2cc([N+](=O)[O-])ccc2Cl)cc1OC. The predicted octanol–water partition coefficient (Wildman–Crippen LogP) is 3.56. The quantitative estimate of drug-likeness (QED) is 0.618. The molecule has 0 aliphatic carbocycles. The molecule has 23 heavy (non-hydrogen) atoms. The van der Waals surface area contributed by atoms with Crippen LogP contribution in [-0.4, -0.2) is 19.1 Å². The minimum atomic E-state index is -0.436. The third-order valence-electron chi connectivity index (χ3n) is 3.33. The van der Waals surface area contributed by atoms with Gasteiger partial charge in [-0.15, -0.1) is 0 Å². The highest BCUT2D eigenvalue weighted by Gasteiger charge is 2.10. The molecule has 0 atom stereocenters. The number of methoxy groups -OCH3 is 2. The highest BCUT2D eigenvalue weighted by molar-refractivity contribution is 6.31. The highest BCUT2D eigenvalue weighted by atomic mass is 35.5. The van der Waals surface area contributed by atoms with Crippen molar-refractivity contribution in [2.24, 2.45) is 0 Å². The standard InChI is InChI=1S/C16H17ClN2O4/c1-22-15-6-3-11(7-16(15)23-2)9-18-10-12-8-13(19(20)21)4-5-14(12)17/h3-8,18H,9-10H2,1-2H3. The van der Waals surface area contributed by atoms with E-state index >= 15 is 0 Å². The fraction of sp³-hybridized carbons (Fsp3) is 0.250. The number of hydrogen-bond donors (Lipinski definition) is 1. The minimum Gasteiger partial charge on any atom is -0.493 e. The molecule has 0 heterocycles. The number of halogens is 1. The average molecular weight is 337 g/mol. The first-order valence-electron chi connectivity index (χ1n) is 6.89. The van der Waals surface area contributed by atoms with Gasteiger partial charge in [0.1, 0.15) is 0 Å². The summed E-state index contributed by atoms with van der Waals surface area (Å²) >= 11 is 6.07. The van der Waals surface area contributed by atoms with E-state index in [0.717, 1.165) is 5.56 Å². The molecule has 0 aliphatic rings. The third-order valence-corrected chi connectivity index (χ3v) is 3.70. The molecule has 0 amide bonds. The summed E-state index contributed by atoms with van der Waals surface area (Å²) < 4.78 is 10.4. The first kappa shape index (κ1) is 17.1. The van der Waals surface area contributed by atoms with Gasteiger partial charge in [-0.05, 0) is 29.3 Å². The van der Waals surface area contributed by atoms with Crippen molar-refractivity contribution in [1.82, 2.24) is 5.32 Å². The van der Waals surface area contributed by atoms with E-state index in [9.17, 15) is 10.1 Å². The van der Waals surface area contributed by atoms with Crippen LogP contribution in [0.1, 0.15) is 11.1 Å². The lowest BCUT2D eigenvalue weighted by molar-refractivity contribution is -0.384. The van der Waals surface area contributed by atoms with Crippen molar-refractivity contribution in [2.75, 3.05) is 14.2 Å². The molecule has 0 unspecified atom stereocenters. The van der Waals surface area contributed by atoms with Gasteiger partial charge >= 0.3 is 0 Å². The molecule has 0 saturated heterocycles. The van der Waals surface area contributed by atoms with E-state index < -0.39 is 4.92 Å². The van der Waals surface area contributed by atoms with Gasteiger partial charge in [0.05, 0.1) is 19.1 Å². The molecule has 0 aromatic heterocycles. The average Bonchev–Trinajstić information content (AvgIpc) is 2.56. The number of nitrogens with one attached hydrogen (secondary N) is 1. The van der Waals surface area contributed by atoms with Gasteiger partial charge in [0.15, 0.2) is 11.5 Å². The van der Waals surface area contributed by atoms with E-state index in [-0.39, 0.29) is 5.69 Å². The van der Waals surface area contributed by atoms with Crippen LogP contribution in [0, 0.1) is 10.1 Å². The van der Waals surface area contributed by atoms with E-state index in [0.29, 0.717) is 35.2 Å². The molecular formula is C16H17ClN2O4. The van der Waals surface area contributed by atoms with Gasteiger partial charge in [0.25, 0.3) is 5.69 Å². The highest BCUT2D eigenvalue weighted by Crippen LogP contribution is 2.27. The zero-order valence-corrected chi connectivity index (χ0v) is 13.6. The van der Waals surface area contributed by atoms with Gasteiger partial charge in [-0.2, -0.15) is 0 Å². The Hall–Kier alpha value is -2.31. The van der Waals surface area contributed by atoms with E-state index in [2.05, 4.69) is 5.32 Å². The van der Waals surface area contributed by atoms with Gasteiger partial charge in [-0.3, -0.25) is 10.1 Å². The van der Waals surface area contributed by atoms with Gasteiger partial charge in [0.2, 0.25) is 0 Å². The fourth-order valence-corrected chi connectivity index (χ4v) is 2.33. The molecule has 0 spiro atoms. The van der Waals surface area contributed by atoms with Gasteiger partial charge in [-0.25, -0.2) is 0 Å². The second kappa shape index (κ2) is 7.80. The minimum absolute atomic E-state index is 0.0253. The summed E-state index contributed by atoms with van der Waals surface area (Å²) in [4.78, 5) is 10.4. The number of ether oxygens (including phenoxy) is 2. The van der Waals surface area contributed by atoms with Crippen LogP contribution in [0.3, 0.4) is 0 Å². The Bertz CT molecular complexity index is 706. The summed E-state index contributed by atoms with van der Waals surface area (Å²) in [5.74, 6) is 1.32. The summed E-state index contributed by atoms with van der Waals surface area (Å²) in [6, 6.07) is 10.0. The summed E-state index contributed by atoms with van der Waals surface area (Å²) in [5, 5.41) is 14.5. The van der Waals surface area contributed by atoms with Crippen LogP contribution in [0.2, 0.25) is 5.02 Å². The molecule has 0 aliphatic heterocycles.